The summed E-state index contributed by atoms with van der Waals surface area (Å²) in [5, 5.41) is 11.5. The summed E-state index contributed by atoms with van der Waals surface area (Å²) >= 11 is 3.07. The number of carbonyl (C=O) groups excluding carboxylic acids is 2. The fraction of sp³-hybridized carbons (Fsp3) is 0.118. The number of nitriles is 1. The van der Waals surface area contributed by atoms with Crippen LogP contribution >= 0.6 is 15.9 Å². The first-order chi connectivity index (χ1) is 11.4. The van der Waals surface area contributed by atoms with Gasteiger partial charge in [0.05, 0.1) is 16.8 Å². The van der Waals surface area contributed by atoms with Gasteiger partial charge in [-0.05, 0) is 53.2 Å². The first-order valence-electron chi connectivity index (χ1n) is 6.88. The summed E-state index contributed by atoms with van der Waals surface area (Å²) in [6, 6.07) is 11.9. The zero-order valence-electron chi connectivity index (χ0n) is 12.5. The second-order valence-electron chi connectivity index (χ2n) is 4.82. The third-order valence-corrected chi connectivity index (χ3v) is 3.77. The molecule has 1 amide bonds. The Morgan fingerprint density at radius 2 is 2.00 bits per heavy atom. The minimum atomic E-state index is -1.10. The van der Waals surface area contributed by atoms with Crippen LogP contribution in [0.3, 0.4) is 0 Å². The van der Waals surface area contributed by atoms with E-state index in [0.717, 1.165) is 12.1 Å². The number of rotatable bonds is 4. The molecule has 2 rings (SSSR count). The third kappa shape index (κ3) is 4.18. The lowest BCUT2D eigenvalue weighted by Gasteiger charge is -2.14. The Labute approximate surface area is 146 Å². The maximum atomic E-state index is 13.0. The largest absolute Gasteiger partial charge is 0.449 e. The molecule has 2 aromatic carbocycles. The van der Waals surface area contributed by atoms with E-state index in [4.69, 9.17) is 10.00 Å². The van der Waals surface area contributed by atoms with Crippen LogP contribution < -0.4 is 5.32 Å². The van der Waals surface area contributed by atoms with Crippen molar-refractivity contribution in [2.24, 2.45) is 0 Å². The van der Waals surface area contributed by atoms with Crippen LogP contribution in [0.2, 0.25) is 0 Å². The highest BCUT2D eigenvalue weighted by Crippen LogP contribution is 2.20. The Balaban J connectivity index is 2.06. The highest BCUT2D eigenvalue weighted by Gasteiger charge is 2.21. The third-order valence-electron chi connectivity index (χ3n) is 3.11. The SMILES string of the molecule is C[C@@H](OC(=O)c1ccc(F)cc1Br)C(=O)Nc1ccccc1C#N. The lowest BCUT2D eigenvalue weighted by molar-refractivity contribution is -0.123. The molecule has 0 aliphatic carbocycles. The van der Waals surface area contributed by atoms with Gasteiger partial charge in [0.15, 0.2) is 6.10 Å². The summed E-state index contributed by atoms with van der Waals surface area (Å²) in [5.74, 6) is -1.85. The molecule has 24 heavy (non-hydrogen) atoms. The smallest absolute Gasteiger partial charge is 0.340 e. The van der Waals surface area contributed by atoms with Crippen molar-refractivity contribution in [3.63, 3.8) is 0 Å². The topological polar surface area (TPSA) is 79.2 Å². The molecule has 0 aliphatic heterocycles. The maximum absolute atomic E-state index is 13.0. The molecule has 0 fully saturated rings. The molecule has 7 heteroatoms. The summed E-state index contributed by atoms with van der Waals surface area (Å²) in [4.78, 5) is 24.2. The Kier molecular flexibility index (Phi) is 5.66. The standard InChI is InChI=1S/C17H12BrFN2O3/c1-10(16(22)21-15-5-3-2-4-11(15)9-20)24-17(23)13-7-6-12(19)8-14(13)18/h2-8,10H,1H3,(H,21,22)/t10-/m1/s1. The number of hydrogen-bond acceptors (Lipinski definition) is 4. The lowest BCUT2D eigenvalue weighted by Crippen LogP contribution is -2.30. The van der Waals surface area contributed by atoms with Crippen LogP contribution in [0.4, 0.5) is 10.1 Å². The predicted octanol–water partition coefficient (Wildman–Crippen LogP) is 3.64. The number of amides is 1. The molecule has 0 unspecified atom stereocenters. The van der Waals surface area contributed by atoms with Crippen LogP contribution in [0.25, 0.3) is 0 Å². The van der Waals surface area contributed by atoms with E-state index in [0.29, 0.717) is 11.3 Å². The number of halogens is 2. The molecule has 0 spiro atoms. The quantitative estimate of drug-likeness (QED) is 0.808. The van der Waals surface area contributed by atoms with Crippen LogP contribution in [0.15, 0.2) is 46.9 Å². The zero-order chi connectivity index (χ0) is 17.7. The number of esters is 1. The summed E-state index contributed by atoms with van der Waals surface area (Å²) < 4.78 is 18.4. The van der Waals surface area contributed by atoms with Crippen LogP contribution in [0.5, 0.6) is 0 Å². The number of hydrogen-bond donors (Lipinski definition) is 1. The second-order valence-corrected chi connectivity index (χ2v) is 5.67. The molecule has 0 aromatic heterocycles. The number of nitrogens with zero attached hydrogens (tertiary/aromatic N) is 1. The highest BCUT2D eigenvalue weighted by atomic mass is 79.9. The molecule has 0 heterocycles. The van der Waals surface area contributed by atoms with Crippen molar-refractivity contribution in [1.29, 1.82) is 5.26 Å². The number of ether oxygens (including phenoxy) is 1. The Bertz CT molecular complexity index is 833. The average molecular weight is 391 g/mol. The summed E-state index contributed by atoms with van der Waals surface area (Å²) in [6.45, 7) is 1.40. The van der Waals surface area contributed by atoms with Gasteiger partial charge >= 0.3 is 5.97 Å². The van der Waals surface area contributed by atoms with E-state index in [1.54, 1.807) is 24.3 Å². The first kappa shape index (κ1) is 17.6. The second kappa shape index (κ2) is 7.70. The molecular formula is C17H12BrFN2O3. The average Bonchev–Trinajstić information content (AvgIpc) is 2.55. The van der Waals surface area contributed by atoms with E-state index in [-0.39, 0.29) is 10.0 Å². The normalized spacial score (nSPS) is 11.2. The Morgan fingerprint density at radius 3 is 2.67 bits per heavy atom. The van der Waals surface area contributed by atoms with Gasteiger partial charge in [0.25, 0.3) is 5.91 Å². The van der Waals surface area contributed by atoms with Crippen molar-refractivity contribution < 1.29 is 18.7 Å². The summed E-state index contributed by atoms with van der Waals surface area (Å²) in [6.07, 6.45) is -1.10. The van der Waals surface area contributed by atoms with Gasteiger partial charge in [-0.2, -0.15) is 5.26 Å². The highest BCUT2D eigenvalue weighted by molar-refractivity contribution is 9.10. The van der Waals surface area contributed by atoms with Gasteiger partial charge in [-0.3, -0.25) is 4.79 Å². The van der Waals surface area contributed by atoms with Crippen molar-refractivity contribution >= 4 is 33.5 Å². The fourth-order valence-corrected chi connectivity index (χ4v) is 2.37. The van der Waals surface area contributed by atoms with Crippen molar-refractivity contribution in [2.45, 2.75) is 13.0 Å². The molecule has 2 aromatic rings. The number of para-hydroxylation sites is 1. The van der Waals surface area contributed by atoms with Gasteiger partial charge in [-0.15, -0.1) is 0 Å². The van der Waals surface area contributed by atoms with Gasteiger partial charge in [-0.1, -0.05) is 12.1 Å². The van der Waals surface area contributed by atoms with Gasteiger partial charge in [0.2, 0.25) is 0 Å². The molecule has 1 N–H and O–H groups in total. The molecule has 0 saturated carbocycles. The first-order valence-corrected chi connectivity index (χ1v) is 7.67. The van der Waals surface area contributed by atoms with Crippen LogP contribution in [-0.4, -0.2) is 18.0 Å². The maximum Gasteiger partial charge on any atom is 0.340 e. The van der Waals surface area contributed by atoms with E-state index in [1.165, 1.54) is 13.0 Å². The lowest BCUT2D eigenvalue weighted by atomic mass is 10.2. The van der Waals surface area contributed by atoms with Crippen LogP contribution in [-0.2, 0) is 9.53 Å². The molecule has 0 aliphatic rings. The van der Waals surface area contributed by atoms with E-state index in [9.17, 15) is 14.0 Å². The summed E-state index contributed by atoms with van der Waals surface area (Å²) in [7, 11) is 0. The number of carbonyl (C=O) groups is 2. The van der Waals surface area contributed by atoms with Gasteiger partial charge in [0.1, 0.15) is 11.9 Å². The molecule has 0 saturated heterocycles. The Hall–Kier alpha value is -2.72. The van der Waals surface area contributed by atoms with E-state index >= 15 is 0 Å². The molecular weight excluding hydrogens is 379 g/mol. The molecule has 5 nitrogen and oxygen atoms in total. The Morgan fingerprint density at radius 1 is 1.29 bits per heavy atom. The fourth-order valence-electron chi connectivity index (χ4n) is 1.86. The molecule has 0 radical (unpaired) electrons. The van der Waals surface area contributed by atoms with Crippen LogP contribution in [0, 0.1) is 17.1 Å². The van der Waals surface area contributed by atoms with E-state index in [1.807, 2.05) is 6.07 Å². The van der Waals surface area contributed by atoms with Crippen molar-refractivity contribution in [1.82, 2.24) is 0 Å². The van der Waals surface area contributed by atoms with E-state index in [2.05, 4.69) is 21.2 Å². The number of anilines is 1. The zero-order valence-corrected chi connectivity index (χ0v) is 14.1. The minimum absolute atomic E-state index is 0.105. The van der Waals surface area contributed by atoms with E-state index < -0.39 is 23.8 Å². The monoisotopic (exact) mass is 390 g/mol. The van der Waals surface area contributed by atoms with Gasteiger partial charge in [-0.25, -0.2) is 9.18 Å². The van der Waals surface area contributed by atoms with Gasteiger partial charge in [0, 0.05) is 4.47 Å². The van der Waals surface area contributed by atoms with Crippen molar-refractivity contribution in [2.75, 3.05) is 5.32 Å². The molecule has 0 bridgehead atoms. The van der Waals surface area contributed by atoms with Gasteiger partial charge < -0.3 is 10.1 Å². The minimum Gasteiger partial charge on any atom is -0.449 e. The molecule has 1 atom stereocenters. The van der Waals surface area contributed by atoms with Crippen LogP contribution in [0.1, 0.15) is 22.8 Å². The number of nitrogens with one attached hydrogen (secondary N) is 1. The molecule has 122 valence electrons. The van der Waals surface area contributed by atoms with Crippen molar-refractivity contribution in [3.05, 3.63) is 63.9 Å². The predicted molar refractivity (Wildman–Crippen MR) is 88.8 cm³/mol. The van der Waals surface area contributed by atoms with Crippen molar-refractivity contribution in [3.8, 4) is 6.07 Å². The summed E-state index contributed by atoms with van der Waals surface area (Å²) in [5.41, 5.74) is 0.731. The number of benzene rings is 2.